The lowest BCUT2D eigenvalue weighted by atomic mass is 10.1. The second-order valence-electron chi connectivity index (χ2n) is 3.71. The zero-order chi connectivity index (χ0) is 12.5. The molecule has 0 unspecified atom stereocenters. The maximum atomic E-state index is 11.2. The first-order valence-electron chi connectivity index (χ1n) is 5.76. The molecule has 17 heavy (non-hydrogen) atoms. The summed E-state index contributed by atoms with van der Waals surface area (Å²) in [5.74, 6) is 0. The first-order chi connectivity index (χ1) is 8.24. The van der Waals surface area contributed by atoms with Gasteiger partial charge in [0, 0.05) is 0 Å². The highest BCUT2D eigenvalue weighted by Gasteiger charge is 2.05. The molecule has 1 aromatic carbocycles. The highest BCUT2D eigenvalue weighted by Crippen LogP contribution is 2.11. The van der Waals surface area contributed by atoms with Crippen molar-refractivity contribution in [1.82, 2.24) is 0 Å². The average molecular weight is 234 g/mol. The monoisotopic (exact) mass is 234 g/mol. The molecule has 3 nitrogen and oxygen atoms in total. The van der Waals surface area contributed by atoms with Crippen LogP contribution in [0.1, 0.15) is 25.3 Å². The largest absolute Gasteiger partial charge is 0.508 e. The van der Waals surface area contributed by atoms with E-state index in [1.54, 1.807) is 0 Å². The minimum atomic E-state index is -0.629. The lowest BCUT2D eigenvalue weighted by Crippen LogP contribution is -2.10. The lowest BCUT2D eigenvalue weighted by molar-refractivity contribution is 0.0637. The first kappa shape index (κ1) is 13.3. The van der Waals surface area contributed by atoms with Crippen LogP contribution in [0.3, 0.4) is 0 Å². The molecule has 0 amide bonds. The van der Waals surface area contributed by atoms with Crippen molar-refractivity contribution in [1.29, 1.82) is 0 Å². The van der Waals surface area contributed by atoms with Gasteiger partial charge in [-0.2, -0.15) is 0 Å². The van der Waals surface area contributed by atoms with Gasteiger partial charge in [-0.05, 0) is 17.6 Å². The summed E-state index contributed by atoms with van der Waals surface area (Å²) in [6.45, 7) is 6.47. The molecule has 0 spiro atoms. The summed E-state index contributed by atoms with van der Waals surface area (Å²) < 4.78 is 9.81. The third kappa shape index (κ3) is 5.20. The minimum Gasteiger partial charge on any atom is -0.434 e. The molecule has 0 aliphatic rings. The van der Waals surface area contributed by atoms with Gasteiger partial charge in [-0.25, -0.2) is 4.79 Å². The Bertz CT molecular complexity index is 357. The van der Waals surface area contributed by atoms with Gasteiger partial charge in [0.15, 0.2) is 0 Å². The van der Waals surface area contributed by atoms with E-state index < -0.39 is 6.16 Å². The van der Waals surface area contributed by atoms with E-state index in [0.717, 1.165) is 24.0 Å². The highest BCUT2D eigenvalue weighted by atomic mass is 16.7. The summed E-state index contributed by atoms with van der Waals surface area (Å²) in [5.41, 5.74) is 1.73. The van der Waals surface area contributed by atoms with E-state index in [4.69, 9.17) is 9.47 Å². The average Bonchev–Trinajstić information content (AvgIpc) is 2.37. The molecule has 0 aliphatic heterocycles. The molecule has 0 radical (unpaired) electrons. The summed E-state index contributed by atoms with van der Waals surface area (Å²) in [7, 11) is 0. The molecule has 0 aliphatic carbocycles. The molecule has 0 atom stereocenters. The van der Waals surface area contributed by atoms with Gasteiger partial charge >= 0.3 is 6.16 Å². The molecule has 0 fully saturated rings. The van der Waals surface area contributed by atoms with E-state index in [-0.39, 0.29) is 6.61 Å². The van der Waals surface area contributed by atoms with Crippen molar-refractivity contribution in [2.75, 3.05) is 13.2 Å². The van der Waals surface area contributed by atoms with Gasteiger partial charge in [0.25, 0.3) is 0 Å². The third-order valence-electron chi connectivity index (χ3n) is 2.26. The molecular formula is C14H18O3. The smallest absolute Gasteiger partial charge is 0.434 e. The van der Waals surface area contributed by atoms with E-state index in [9.17, 15) is 4.79 Å². The number of benzene rings is 1. The van der Waals surface area contributed by atoms with E-state index in [0.29, 0.717) is 6.61 Å². The van der Waals surface area contributed by atoms with Gasteiger partial charge in [-0.3, -0.25) is 0 Å². The van der Waals surface area contributed by atoms with Crippen LogP contribution in [-0.4, -0.2) is 19.4 Å². The highest BCUT2D eigenvalue weighted by molar-refractivity contribution is 5.67. The van der Waals surface area contributed by atoms with Crippen LogP contribution >= 0.6 is 0 Å². The zero-order valence-corrected chi connectivity index (χ0v) is 10.1. The van der Waals surface area contributed by atoms with Crippen molar-refractivity contribution >= 4 is 11.7 Å². The number of carbonyl (C=O) groups excluding carboxylic acids is 1. The van der Waals surface area contributed by atoms with Gasteiger partial charge < -0.3 is 9.47 Å². The number of unbranched alkanes of at least 4 members (excludes halogenated alkanes) is 1. The van der Waals surface area contributed by atoms with Gasteiger partial charge in [0.1, 0.15) is 6.61 Å². The number of hydrogen-bond acceptors (Lipinski definition) is 3. The summed E-state index contributed by atoms with van der Waals surface area (Å²) in [4.78, 5) is 11.2. The Hall–Kier alpha value is -1.77. The van der Waals surface area contributed by atoms with Crippen LogP contribution in [0.15, 0.2) is 36.9 Å². The molecule has 0 saturated heterocycles. The lowest BCUT2D eigenvalue weighted by Gasteiger charge is -2.07. The molecule has 1 rings (SSSR count). The topological polar surface area (TPSA) is 35.5 Å². The Morgan fingerprint density at radius 2 is 1.94 bits per heavy atom. The van der Waals surface area contributed by atoms with Crippen molar-refractivity contribution < 1.29 is 14.3 Å². The van der Waals surface area contributed by atoms with Crippen LogP contribution in [-0.2, 0) is 9.47 Å². The van der Waals surface area contributed by atoms with Gasteiger partial charge in [-0.1, -0.05) is 50.3 Å². The van der Waals surface area contributed by atoms with E-state index in [2.05, 4.69) is 6.58 Å². The molecule has 0 bridgehead atoms. The maximum absolute atomic E-state index is 11.2. The van der Waals surface area contributed by atoms with Crippen molar-refractivity contribution in [3.05, 3.63) is 42.5 Å². The van der Waals surface area contributed by atoms with Crippen LogP contribution < -0.4 is 0 Å². The van der Waals surface area contributed by atoms with Crippen molar-refractivity contribution in [2.45, 2.75) is 19.8 Å². The molecule has 1 aromatic rings. The van der Waals surface area contributed by atoms with Crippen LogP contribution in [0.4, 0.5) is 4.79 Å². The molecule has 0 aromatic heterocycles. The second kappa shape index (κ2) is 7.49. The Kier molecular flexibility index (Phi) is 5.86. The van der Waals surface area contributed by atoms with Crippen LogP contribution in [0.2, 0.25) is 0 Å². The number of ether oxygens (including phenoxy) is 2. The van der Waals surface area contributed by atoms with Gasteiger partial charge in [0.05, 0.1) is 6.61 Å². The van der Waals surface area contributed by atoms with E-state index in [1.807, 2.05) is 37.3 Å². The fraction of sp³-hybridized carbons (Fsp3) is 0.357. The summed E-state index contributed by atoms with van der Waals surface area (Å²) in [5, 5.41) is 0. The van der Waals surface area contributed by atoms with E-state index in [1.165, 1.54) is 0 Å². The quantitative estimate of drug-likeness (QED) is 0.556. The minimum absolute atomic E-state index is 0.162. The predicted molar refractivity (Wildman–Crippen MR) is 67.7 cm³/mol. The molecule has 0 saturated carbocycles. The standard InChI is InChI=1S/C14H18O3/c1-3-4-10-16-14(15)17-11-12(2)13-8-6-5-7-9-13/h5-9H,2-4,10-11H2,1H3. The van der Waals surface area contributed by atoms with Crippen molar-refractivity contribution in [3.63, 3.8) is 0 Å². The third-order valence-corrected chi connectivity index (χ3v) is 2.26. The fourth-order valence-electron chi connectivity index (χ4n) is 1.24. The molecule has 0 N–H and O–H groups in total. The van der Waals surface area contributed by atoms with Crippen molar-refractivity contribution in [2.24, 2.45) is 0 Å². The van der Waals surface area contributed by atoms with Gasteiger partial charge in [-0.15, -0.1) is 0 Å². The number of rotatable bonds is 6. The number of carbonyl (C=O) groups is 1. The predicted octanol–water partition coefficient (Wildman–Crippen LogP) is 3.65. The molecule has 0 heterocycles. The normalized spacial score (nSPS) is 9.71. The second-order valence-corrected chi connectivity index (χ2v) is 3.71. The summed E-state index contributed by atoms with van der Waals surface area (Å²) >= 11 is 0. The molecular weight excluding hydrogens is 216 g/mol. The molecule has 3 heteroatoms. The van der Waals surface area contributed by atoms with Crippen molar-refractivity contribution in [3.8, 4) is 0 Å². The SMILES string of the molecule is C=C(COC(=O)OCCCC)c1ccccc1. The Morgan fingerprint density at radius 3 is 2.59 bits per heavy atom. The Morgan fingerprint density at radius 1 is 1.24 bits per heavy atom. The van der Waals surface area contributed by atoms with Crippen LogP contribution in [0.25, 0.3) is 5.57 Å². The van der Waals surface area contributed by atoms with Crippen LogP contribution in [0.5, 0.6) is 0 Å². The summed E-state index contributed by atoms with van der Waals surface area (Å²) in [6, 6.07) is 9.61. The fourth-order valence-corrected chi connectivity index (χ4v) is 1.24. The van der Waals surface area contributed by atoms with E-state index >= 15 is 0 Å². The molecule has 92 valence electrons. The first-order valence-corrected chi connectivity index (χ1v) is 5.76. The Labute approximate surface area is 102 Å². The summed E-state index contributed by atoms with van der Waals surface area (Å²) in [6.07, 6.45) is 1.22. The number of hydrogen-bond donors (Lipinski definition) is 0. The maximum Gasteiger partial charge on any atom is 0.508 e. The van der Waals surface area contributed by atoms with Gasteiger partial charge in [0.2, 0.25) is 0 Å². The van der Waals surface area contributed by atoms with Crippen LogP contribution in [0, 0.1) is 0 Å². The Balaban J connectivity index is 2.26. The zero-order valence-electron chi connectivity index (χ0n) is 10.1.